The molecule has 0 aliphatic heterocycles. The fraction of sp³-hybridized carbons (Fsp3) is 0.250. The van der Waals surface area contributed by atoms with Crippen LogP contribution in [0.25, 0.3) is 10.9 Å². The summed E-state index contributed by atoms with van der Waals surface area (Å²) in [7, 11) is 0. The fourth-order valence-corrected chi connectivity index (χ4v) is 2.22. The summed E-state index contributed by atoms with van der Waals surface area (Å²) in [6, 6.07) is 8.07. The lowest BCUT2D eigenvalue weighted by Gasteiger charge is -2.09. The number of nitrogens with one attached hydrogen (secondary N) is 1. The van der Waals surface area contributed by atoms with E-state index in [0.717, 1.165) is 39.6 Å². The van der Waals surface area contributed by atoms with Gasteiger partial charge in [-0.05, 0) is 34.5 Å². The zero-order chi connectivity index (χ0) is 11.5. The Kier molecular flexibility index (Phi) is 3.41. The lowest BCUT2D eigenvalue weighted by Crippen LogP contribution is -2.10. The molecule has 4 heteroatoms. The molecule has 1 aromatic carbocycles. The maximum Gasteiger partial charge on any atom is 0.0848 e. The molecule has 0 saturated carbocycles. The van der Waals surface area contributed by atoms with Crippen LogP contribution >= 0.6 is 15.9 Å². The minimum atomic E-state index is 0.910. The first-order valence-corrected chi connectivity index (χ1v) is 6.10. The molecule has 0 amide bonds. The maximum atomic E-state index is 5.51. The van der Waals surface area contributed by atoms with Crippen molar-refractivity contribution in [2.24, 2.45) is 5.84 Å². The third kappa shape index (κ3) is 2.03. The summed E-state index contributed by atoms with van der Waals surface area (Å²) in [5.41, 5.74) is 5.63. The maximum absolute atomic E-state index is 5.51. The molecule has 16 heavy (non-hydrogen) atoms. The van der Waals surface area contributed by atoms with Crippen LogP contribution in [0, 0.1) is 0 Å². The molecule has 3 N–H and O–H groups in total. The third-order valence-corrected chi connectivity index (χ3v) is 3.16. The number of aryl methyl sites for hydroxylation is 1. The van der Waals surface area contributed by atoms with E-state index in [0.29, 0.717) is 0 Å². The van der Waals surface area contributed by atoms with Crippen LogP contribution in [0.5, 0.6) is 0 Å². The molecule has 0 radical (unpaired) electrons. The Morgan fingerprint density at radius 3 is 2.94 bits per heavy atom. The van der Waals surface area contributed by atoms with Gasteiger partial charge >= 0.3 is 0 Å². The average molecular weight is 280 g/mol. The van der Waals surface area contributed by atoms with Crippen LogP contribution in [0.3, 0.4) is 0 Å². The Labute approximate surface area is 103 Å². The second-order valence-corrected chi connectivity index (χ2v) is 4.54. The number of aromatic nitrogens is 1. The minimum Gasteiger partial charge on any atom is -0.322 e. The molecular weight excluding hydrogens is 266 g/mol. The Bertz CT molecular complexity index is 511. The van der Waals surface area contributed by atoms with E-state index in [-0.39, 0.29) is 0 Å². The average Bonchev–Trinajstić information content (AvgIpc) is 2.30. The van der Waals surface area contributed by atoms with E-state index in [4.69, 9.17) is 5.84 Å². The van der Waals surface area contributed by atoms with E-state index in [1.54, 1.807) is 0 Å². The summed E-state index contributed by atoms with van der Waals surface area (Å²) in [4.78, 5) is 4.65. The van der Waals surface area contributed by atoms with Gasteiger partial charge in [-0.1, -0.05) is 25.5 Å². The number of fused-ring (bicyclic) bond motifs is 1. The highest BCUT2D eigenvalue weighted by Gasteiger charge is 2.07. The number of nitrogens with zero attached hydrogens (tertiary/aromatic N) is 1. The molecule has 0 spiro atoms. The van der Waals surface area contributed by atoms with E-state index in [9.17, 15) is 0 Å². The van der Waals surface area contributed by atoms with Crippen LogP contribution in [0.4, 0.5) is 5.69 Å². The van der Waals surface area contributed by atoms with Crippen molar-refractivity contribution in [2.45, 2.75) is 19.8 Å². The normalized spacial score (nSPS) is 10.7. The molecule has 1 heterocycles. The number of benzene rings is 1. The molecule has 0 bridgehead atoms. The van der Waals surface area contributed by atoms with Gasteiger partial charge in [-0.25, -0.2) is 4.98 Å². The van der Waals surface area contributed by atoms with Crippen molar-refractivity contribution in [3.8, 4) is 0 Å². The highest BCUT2D eigenvalue weighted by molar-refractivity contribution is 9.10. The third-order valence-electron chi connectivity index (χ3n) is 2.52. The van der Waals surface area contributed by atoms with Gasteiger partial charge in [-0.3, -0.25) is 5.84 Å². The predicted octanol–water partition coefficient (Wildman–Crippen LogP) is 3.24. The Morgan fingerprint density at radius 2 is 2.25 bits per heavy atom. The number of hydrogen-bond acceptors (Lipinski definition) is 3. The highest BCUT2D eigenvalue weighted by atomic mass is 79.9. The van der Waals surface area contributed by atoms with Crippen molar-refractivity contribution < 1.29 is 0 Å². The topological polar surface area (TPSA) is 50.9 Å². The molecule has 0 atom stereocenters. The SMILES string of the molecule is CCCc1nc2c(Br)cccc2cc1NN. The predicted molar refractivity (Wildman–Crippen MR) is 71.2 cm³/mol. The van der Waals surface area contributed by atoms with Crippen LogP contribution < -0.4 is 11.3 Å². The van der Waals surface area contributed by atoms with Crippen molar-refractivity contribution in [3.05, 3.63) is 34.4 Å². The zero-order valence-corrected chi connectivity index (χ0v) is 10.7. The molecule has 0 aliphatic carbocycles. The monoisotopic (exact) mass is 279 g/mol. The molecule has 2 aromatic rings. The van der Waals surface area contributed by atoms with Crippen molar-refractivity contribution >= 4 is 32.5 Å². The standard InChI is InChI=1S/C12H14BrN3/c1-2-4-10-11(16-14)7-8-5-3-6-9(13)12(8)15-10/h3,5-7,16H,2,4,14H2,1H3. The van der Waals surface area contributed by atoms with E-state index in [1.807, 2.05) is 24.3 Å². The Morgan fingerprint density at radius 1 is 1.44 bits per heavy atom. The fourth-order valence-electron chi connectivity index (χ4n) is 1.75. The largest absolute Gasteiger partial charge is 0.322 e. The summed E-state index contributed by atoms with van der Waals surface area (Å²) >= 11 is 3.51. The number of nitrogen functional groups attached to an aromatic ring is 1. The van der Waals surface area contributed by atoms with Crippen LogP contribution in [-0.4, -0.2) is 4.98 Å². The van der Waals surface area contributed by atoms with Gasteiger partial charge in [0.05, 0.1) is 16.9 Å². The van der Waals surface area contributed by atoms with Gasteiger partial charge in [0.15, 0.2) is 0 Å². The number of pyridine rings is 1. The molecule has 0 saturated heterocycles. The molecule has 0 unspecified atom stereocenters. The van der Waals surface area contributed by atoms with Gasteiger partial charge in [0.25, 0.3) is 0 Å². The summed E-state index contributed by atoms with van der Waals surface area (Å²) in [5, 5.41) is 1.09. The van der Waals surface area contributed by atoms with Crippen LogP contribution in [0.1, 0.15) is 19.0 Å². The number of para-hydroxylation sites is 1. The summed E-state index contributed by atoms with van der Waals surface area (Å²) in [6.07, 6.45) is 1.98. The number of rotatable bonds is 3. The molecule has 3 nitrogen and oxygen atoms in total. The van der Waals surface area contributed by atoms with Gasteiger partial charge in [0.2, 0.25) is 0 Å². The quantitative estimate of drug-likeness (QED) is 0.670. The molecule has 0 aliphatic rings. The number of anilines is 1. The first kappa shape index (κ1) is 11.4. The zero-order valence-electron chi connectivity index (χ0n) is 9.13. The second kappa shape index (κ2) is 4.80. The number of halogens is 1. The number of nitrogens with two attached hydrogens (primary N) is 1. The van der Waals surface area contributed by atoms with Crippen LogP contribution in [0.2, 0.25) is 0 Å². The van der Waals surface area contributed by atoms with Crippen molar-refractivity contribution in [1.29, 1.82) is 0 Å². The van der Waals surface area contributed by atoms with E-state index in [1.165, 1.54) is 0 Å². The lowest BCUT2D eigenvalue weighted by atomic mass is 10.1. The van der Waals surface area contributed by atoms with Crippen LogP contribution in [-0.2, 0) is 6.42 Å². The van der Waals surface area contributed by atoms with Gasteiger partial charge in [0.1, 0.15) is 0 Å². The molecule has 2 rings (SSSR count). The van der Waals surface area contributed by atoms with E-state index >= 15 is 0 Å². The van der Waals surface area contributed by atoms with E-state index < -0.39 is 0 Å². The van der Waals surface area contributed by atoms with Crippen molar-refractivity contribution in [3.63, 3.8) is 0 Å². The Balaban J connectivity index is 2.65. The first-order valence-electron chi connectivity index (χ1n) is 5.31. The second-order valence-electron chi connectivity index (χ2n) is 3.69. The summed E-state index contributed by atoms with van der Waals surface area (Å²) in [5.74, 6) is 5.51. The summed E-state index contributed by atoms with van der Waals surface area (Å²) in [6.45, 7) is 2.13. The molecule has 0 fully saturated rings. The van der Waals surface area contributed by atoms with Crippen molar-refractivity contribution in [1.82, 2.24) is 4.98 Å². The number of hydrazine groups is 1. The lowest BCUT2D eigenvalue weighted by molar-refractivity contribution is 0.889. The smallest absolute Gasteiger partial charge is 0.0848 e. The summed E-state index contributed by atoms with van der Waals surface area (Å²) < 4.78 is 1.02. The minimum absolute atomic E-state index is 0.910. The molecule has 1 aromatic heterocycles. The number of hydrogen-bond donors (Lipinski definition) is 2. The van der Waals surface area contributed by atoms with Crippen molar-refractivity contribution in [2.75, 3.05) is 5.43 Å². The molecular formula is C12H14BrN3. The molecule has 84 valence electrons. The van der Waals surface area contributed by atoms with E-state index in [2.05, 4.69) is 33.3 Å². The Hall–Kier alpha value is -1.13. The highest BCUT2D eigenvalue weighted by Crippen LogP contribution is 2.26. The van der Waals surface area contributed by atoms with Crippen LogP contribution in [0.15, 0.2) is 28.7 Å². The van der Waals surface area contributed by atoms with Gasteiger partial charge in [-0.2, -0.15) is 0 Å². The van der Waals surface area contributed by atoms with Gasteiger partial charge < -0.3 is 5.43 Å². The van der Waals surface area contributed by atoms with Gasteiger partial charge in [0, 0.05) is 9.86 Å². The van der Waals surface area contributed by atoms with Gasteiger partial charge in [-0.15, -0.1) is 0 Å². The first-order chi connectivity index (χ1) is 7.76.